The molecular formula is C48H87N3O9S3. The van der Waals surface area contributed by atoms with Crippen molar-refractivity contribution in [3.63, 3.8) is 0 Å². The highest BCUT2D eigenvalue weighted by Crippen LogP contribution is 2.17. The Kier molecular flexibility index (Phi) is 39.7. The molecular weight excluding hydrogens is 859 g/mol. The SMILES string of the molecule is CCCCCCCCCOC(=O)CCSCCC(=O)N1CN(C(=O)CCSCCC(=O)OCCCCCCCCC)CN(C(=O)CCSCCC(=O)OCCCCCCCCC)C1. The molecule has 1 heterocycles. The van der Waals surface area contributed by atoms with Crippen LogP contribution in [0.25, 0.3) is 0 Å². The van der Waals surface area contributed by atoms with Gasteiger partial charge in [0.05, 0.1) is 59.1 Å². The minimum atomic E-state index is -0.215. The standard InChI is InChI=1S/C48H87N3O9S3/c1-4-7-10-13-16-19-22-31-58-46(55)28-37-61-34-25-43(52)49-40-50(44(53)26-35-62-38-29-47(56)59-32-23-20-17-14-11-8-5-2)42-51(41-49)45(54)27-36-63-39-30-48(57)60-33-24-21-18-15-12-9-6-3/h4-42H2,1-3H3. The maximum Gasteiger partial charge on any atom is 0.306 e. The van der Waals surface area contributed by atoms with Crippen LogP contribution in [0.5, 0.6) is 0 Å². The normalized spacial score (nSPS) is 12.7. The Morgan fingerprint density at radius 3 is 0.810 bits per heavy atom. The molecule has 1 fully saturated rings. The van der Waals surface area contributed by atoms with Crippen molar-refractivity contribution in [2.24, 2.45) is 0 Å². The third kappa shape index (κ3) is 34.8. The first kappa shape index (κ1) is 58.9. The molecule has 0 atom stereocenters. The van der Waals surface area contributed by atoms with Crippen LogP contribution in [-0.2, 0) is 43.0 Å². The van der Waals surface area contributed by atoms with Gasteiger partial charge in [-0.2, -0.15) is 35.3 Å². The molecule has 0 saturated carbocycles. The maximum atomic E-state index is 13.4. The van der Waals surface area contributed by atoms with Gasteiger partial charge in [-0.3, -0.25) is 28.8 Å². The van der Waals surface area contributed by atoms with Gasteiger partial charge < -0.3 is 28.9 Å². The molecule has 63 heavy (non-hydrogen) atoms. The zero-order valence-corrected chi connectivity index (χ0v) is 42.3. The zero-order chi connectivity index (χ0) is 46.0. The van der Waals surface area contributed by atoms with Crippen molar-refractivity contribution < 1.29 is 43.0 Å². The summed E-state index contributed by atoms with van der Waals surface area (Å²) in [5.74, 6) is 2.09. The van der Waals surface area contributed by atoms with Gasteiger partial charge in [0.2, 0.25) is 17.7 Å². The summed E-state index contributed by atoms with van der Waals surface area (Å²) < 4.78 is 16.2. The number of carbonyl (C=O) groups excluding carboxylic acids is 6. The fraction of sp³-hybridized carbons (Fsp3) is 0.875. The first-order valence-corrected chi connectivity index (χ1v) is 28.2. The predicted molar refractivity (Wildman–Crippen MR) is 262 cm³/mol. The number of hydrogen-bond acceptors (Lipinski definition) is 12. The molecule has 0 aromatic carbocycles. The summed E-state index contributed by atoms with van der Waals surface area (Å²) in [5, 5.41) is 0. The Bertz CT molecular complexity index is 1070. The van der Waals surface area contributed by atoms with Crippen LogP contribution in [0.15, 0.2) is 0 Å². The number of rotatable bonds is 42. The number of thioether (sulfide) groups is 3. The van der Waals surface area contributed by atoms with Crippen LogP contribution in [-0.4, -0.2) is 125 Å². The zero-order valence-electron chi connectivity index (χ0n) is 39.8. The van der Waals surface area contributed by atoms with Gasteiger partial charge in [0.15, 0.2) is 0 Å². The van der Waals surface area contributed by atoms with Crippen molar-refractivity contribution in [2.75, 3.05) is 74.3 Å². The fourth-order valence-electron chi connectivity index (χ4n) is 6.90. The molecule has 0 N–H and O–H groups in total. The highest BCUT2D eigenvalue weighted by Gasteiger charge is 2.31. The van der Waals surface area contributed by atoms with E-state index in [1.807, 2.05) is 0 Å². The monoisotopic (exact) mass is 946 g/mol. The second-order valence-electron chi connectivity index (χ2n) is 16.6. The summed E-state index contributed by atoms with van der Waals surface area (Å²) in [6.45, 7) is 8.27. The van der Waals surface area contributed by atoms with E-state index in [9.17, 15) is 28.8 Å². The molecule has 0 radical (unpaired) electrons. The highest BCUT2D eigenvalue weighted by molar-refractivity contribution is 7.99. The summed E-state index contributed by atoms with van der Waals surface area (Å²) in [4.78, 5) is 81.5. The number of amides is 3. The Morgan fingerprint density at radius 1 is 0.333 bits per heavy atom. The lowest BCUT2D eigenvalue weighted by atomic mass is 10.1. The lowest BCUT2D eigenvalue weighted by Crippen LogP contribution is -2.59. The van der Waals surface area contributed by atoms with Crippen LogP contribution in [0, 0.1) is 0 Å². The van der Waals surface area contributed by atoms with Crippen LogP contribution in [0.2, 0.25) is 0 Å². The summed E-state index contributed by atoms with van der Waals surface area (Å²) in [5.41, 5.74) is 0. The van der Waals surface area contributed by atoms with E-state index >= 15 is 0 Å². The van der Waals surface area contributed by atoms with E-state index < -0.39 is 0 Å². The third-order valence-electron chi connectivity index (χ3n) is 10.8. The number of nitrogens with zero attached hydrogens (tertiary/aromatic N) is 3. The Morgan fingerprint density at radius 2 is 0.556 bits per heavy atom. The van der Waals surface area contributed by atoms with Crippen LogP contribution in [0.4, 0.5) is 0 Å². The van der Waals surface area contributed by atoms with Gasteiger partial charge in [-0.25, -0.2) is 0 Å². The van der Waals surface area contributed by atoms with Crippen molar-refractivity contribution in [1.29, 1.82) is 0 Å². The second-order valence-corrected chi connectivity index (χ2v) is 20.3. The van der Waals surface area contributed by atoms with Gasteiger partial charge in [0.25, 0.3) is 0 Å². The molecule has 1 rings (SSSR count). The summed E-state index contributed by atoms with van der Waals surface area (Å²) in [7, 11) is 0. The fourth-order valence-corrected chi connectivity index (χ4v) is 9.41. The van der Waals surface area contributed by atoms with E-state index in [4.69, 9.17) is 14.2 Å². The molecule has 12 nitrogen and oxygen atoms in total. The largest absolute Gasteiger partial charge is 0.466 e. The average molecular weight is 946 g/mol. The number of esters is 3. The molecule has 15 heteroatoms. The predicted octanol–water partition coefficient (Wildman–Crippen LogP) is 10.8. The van der Waals surface area contributed by atoms with Crippen molar-refractivity contribution in [2.45, 2.75) is 194 Å². The van der Waals surface area contributed by atoms with Gasteiger partial charge in [-0.05, 0) is 19.3 Å². The van der Waals surface area contributed by atoms with E-state index in [2.05, 4.69) is 20.8 Å². The first-order chi connectivity index (χ1) is 30.7. The van der Waals surface area contributed by atoms with E-state index in [-0.39, 0.29) is 74.9 Å². The van der Waals surface area contributed by atoms with Crippen LogP contribution >= 0.6 is 35.3 Å². The number of carbonyl (C=O) groups is 6. The molecule has 0 aromatic heterocycles. The topological polar surface area (TPSA) is 140 Å². The molecule has 0 unspecified atom stereocenters. The van der Waals surface area contributed by atoms with Crippen molar-refractivity contribution in [3.8, 4) is 0 Å². The Hall–Kier alpha value is -2.13. The average Bonchev–Trinajstić information content (AvgIpc) is 3.28. The molecule has 366 valence electrons. The van der Waals surface area contributed by atoms with Crippen molar-refractivity contribution in [3.05, 3.63) is 0 Å². The maximum absolute atomic E-state index is 13.4. The van der Waals surface area contributed by atoms with Crippen LogP contribution in [0.3, 0.4) is 0 Å². The van der Waals surface area contributed by atoms with E-state index in [0.717, 1.165) is 38.5 Å². The molecule has 1 aliphatic rings. The highest BCUT2D eigenvalue weighted by atomic mass is 32.2. The van der Waals surface area contributed by atoms with Crippen molar-refractivity contribution >= 4 is 70.9 Å². The first-order valence-electron chi connectivity index (χ1n) is 24.7. The molecule has 0 spiro atoms. The molecule has 1 aliphatic heterocycles. The lowest BCUT2D eigenvalue weighted by Gasteiger charge is -2.42. The van der Waals surface area contributed by atoms with E-state index in [1.54, 1.807) is 14.7 Å². The van der Waals surface area contributed by atoms with Gasteiger partial charge in [-0.15, -0.1) is 0 Å². The Balaban J connectivity index is 2.51. The van der Waals surface area contributed by atoms with Crippen molar-refractivity contribution in [1.82, 2.24) is 14.7 Å². The lowest BCUT2D eigenvalue weighted by molar-refractivity contribution is -0.158. The summed E-state index contributed by atoms with van der Waals surface area (Å²) in [6, 6.07) is 0. The quantitative estimate of drug-likeness (QED) is 0.0327. The van der Waals surface area contributed by atoms with Gasteiger partial charge >= 0.3 is 17.9 Å². The minimum absolute atomic E-state index is 0.0996. The number of ether oxygens (including phenoxy) is 3. The van der Waals surface area contributed by atoms with E-state index in [1.165, 1.54) is 132 Å². The van der Waals surface area contributed by atoms with Gasteiger partial charge in [0.1, 0.15) is 0 Å². The molecule has 0 aliphatic carbocycles. The van der Waals surface area contributed by atoms with Crippen LogP contribution < -0.4 is 0 Å². The second kappa shape index (κ2) is 42.5. The number of hydrogen-bond donors (Lipinski definition) is 0. The number of unbranched alkanes of at least 4 members (excludes halogenated alkanes) is 18. The Labute approximate surface area is 395 Å². The van der Waals surface area contributed by atoms with Gasteiger partial charge in [-0.1, -0.05) is 136 Å². The molecule has 3 amide bonds. The van der Waals surface area contributed by atoms with Gasteiger partial charge in [0, 0.05) is 53.8 Å². The third-order valence-corrected chi connectivity index (χ3v) is 13.8. The smallest absolute Gasteiger partial charge is 0.306 e. The summed E-state index contributed by atoms with van der Waals surface area (Å²) >= 11 is 4.55. The van der Waals surface area contributed by atoms with Crippen LogP contribution in [0.1, 0.15) is 194 Å². The molecule has 0 aromatic rings. The van der Waals surface area contributed by atoms with E-state index in [0.29, 0.717) is 73.6 Å². The molecule has 0 bridgehead atoms. The summed E-state index contributed by atoms with van der Waals surface area (Å²) in [6.07, 6.45) is 25.9. The minimum Gasteiger partial charge on any atom is -0.466 e. The molecule has 1 saturated heterocycles.